The second-order valence-corrected chi connectivity index (χ2v) is 7.55. The predicted molar refractivity (Wildman–Crippen MR) is 101 cm³/mol. The summed E-state index contributed by atoms with van der Waals surface area (Å²) < 4.78 is 11.1. The first-order valence-electron chi connectivity index (χ1n) is 9.00. The Balaban J connectivity index is 2.52. The summed E-state index contributed by atoms with van der Waals surface area (Å²) in [6.07, 6.45) is -1.26. The number of amides is 2. The van der Waals surface area contributed by atoms with Gasteiger partial charge in [-0.1, -0.05) is 51.1 Å². The highest BCUT2D eigenvalue weighted by molar-refractivity contribution is 5.85. The van der Waals surface area contributed by atoms with Crippen LogP contribution in [-0.4, -0.2) is 36.5 Å². The highest BCUT2D eigenvalue weighted by Crippen LogP contribution is 2.23. The van der Waals surface area contributed by atoms with Crippen LogP contribution in [0.3, 0.4) is 0 Å². The zero-order valence-corrected chi connectivity index (χ0v) is 16.5. The molecule has 0 heterocycles. The van der Waals surface area contributed by atoms with Crippen molar-refractivity contribution in [2.24, 2.45) is 11.1 Å². The molecule has 0 spiro atoms. The van der Waals surface area contributed by atoms with Gasteiger partial charge in [-0.25, -0.2) is 0 Å². The van der Waals surface area contributed by atoms with Crippen molar-refractivity contribution in [2.45, 2.75) is 59.4 Å². The summed E-state index contributed by atoms with van der Waals surface area (Å²) >= 11 is 0. The number of ether oxygens (including phenoxy) is 2. The van der Waals surface area contributed by atoms with E-state index in [0.29, 0.717) is 6.61 Å². The van der Waals surface area contributed by atoms with E-state index in [0.717, 1.165) is 5.56 Å². The van der Waals surface area contributed by atoms with Crippen LogP contribution in [-0.2, 0) is 30.5 Å². The summed E-state index contributed by atoms with van der Waals surface area (Å²) in [4.78, 5) is 35.4. The SMILES string of the molecule is C[C@H](CC(=O)O[C@@H](C(=O)NCCC(N)=O)C(C)(C)C)OCc1ccccc1. The molecule has 0 unspecified atom stereocenters. The molecule has 2 atom stereocenters. The summed E-state index contributed by atoms with van der Waals surface area (Å²) in [5, 5.41) is 2.58. The molecule has 0 aliphatic heterocycles. The van der Waals surface area contributed by atoms with Gasteiger partial charge in [0.05, 0.1) is 19.1 Å². The Morgan fingerprint density at radius 3 is 2.33 bits per heavy atom. The van der Waals surface area contributed by atoms with Crippen LogP contribution >= 0.6 is 0 Å². The largest absolute Gasteiger partial charge is 0.452 e. The van der Waals surface area contributed by atoms with Crippen LogP contribution in [0.4, 0.5) is 0 Å². The number of benzene rings is 1. The normalized spacial score (nSPS) is 13.5. The molecule has 150 valence electrons. The minimum atomic E-state index is -0.973. The highest BCUT2D eigenvalue weighted by Gasteiger charge is 2.35. The minimum absolute atomic E-state index is 0.0287. The molecular weight excluding hydrogens is 348 g/mol. The smallest absolute Gasteiger partial charge is 0.309 e. The lowest BCUT2D eigenvalue weighted by molar-refractivity contribution is -0.165. The molecule has 1 aromatic carbocycles. The standard InChI is InChI=1S/C20H30N2O5/c1-14(26-13-15-8-6-5-7-9-15)12-17(24)27-18(20(2,3)4)19(25)22-11-10-16(21)23/h5-9,14,18H,10-13H2,1-4H3,(H2,21,23)(H,22,25)/t14-,18+/m1/s1. The van der Waals surface area contributed by atoms with Gasteiger partial charge < -0.3 is 20.5 Å². The predicted octanol–water partition coefficient (Wildman–Crippen LogP) is 1.93. The minimum Gasteiger partial charge on any atom is -0.452 e. The zero-order valence-electron chi connectivity index (χ0n) is 16.5. The van der Waals surface area contributed by atoms with E-state index in [9.17, 15) is 14.4 Å². The molecule has 0 bridgehead atoms. The second-order valence-electron chi connectivity index (χ2n) is 7.55. The third kappa shape index (κ3) is 9.19. The van der Waals surface area contributed by atoms with Crippen molar-refractivity contribution in [3.05, 3.63) is 35.9 Å². The van der Waals surface area contributed by atoms with Crippen molar-refractivity contribution in [1.82, 2.24) is 5.32 Å². The van der Waals surface area contributed by atoms with E-state index in [1.165, 1.54) is 0 Å². The summed E-state index contributed by atoms with van der Waals surface area (Å²) in [7, 11) is 0. The molecule has 2 amide bonds. The first kappa shape index (κ1) is 22.6. The van der Waals surface area contributed by atoms with Gasteiger partial charge in [0.1, 0.15) is 0 Å². The molecular formula is C20H30N2O5. The summed E-state index contributed by atoms with van der Waals surface area (Å²) in [5.74, 6) is -1.47. The maximum absolute atomic E-state index is 12.3. The molecule has 0 aliphatic carbocycles. The van der Waals surface area contributed by atoms with Crippen LogP contribution in [0.1, 0.15) is 46.1 Å². The average molecular weight is 378 g/mol. The van der Waals surface area contributed by atoms with Gasteiger partial charge in [-0.05, 0) is 12.5 Å². The first-order chi connectivity index (χ1) is 12.6. The maximum Gasteiger partial charge on any atom is 0.309 e. The van der Waals surface area contributed by atoms with Gasteiger partial charge in [0.2, 0.25) is 5.91 Å². The van der Waals surface area contributed by atoms with E-state index in [4.69, 9.17) is 15.2 Å². The van der Waals surface area contributed by atoms with Crippen LogP contribution in [0.5, 0.6) is 0 Å². The van der Waals surface area contributed by atoms with Crippen LogP contribution in [0.15, 0.2) is 30.3 Å². The molecule has 0 fully saturated rings. The number of esters is 1. The maximum atomic E-state index is 12.3. The Kier molecular flexibility index (Phi) is 8.94. The topological polar surface area (TPSA) is 108 Å². The van der Waals surface area contributed by atoms with Gasteiger partial charge in [-0.2, -0.15) is 0 Å². The number of hydrogen-bond acceptors (Lipinski definition) is 5. The lowest BCUT2D eigenvalue weighted by atomic mass is 9.88. The van der Waals surface area contributed by atoms with E-state index in [-0.39, 0.29) is 25.5 Å². The van der Waals surface area contributed by atoms with E-state index in [1.54, 1.807) is 27.7 Å². The molecule has 0 aromatic heterocycles. The Bertz CT molecular complexity index is 625. The van der Waals surface area contributed by atoms with Gasteiger partial charge in [-0.3, -0.25) is 14.4 Å². The first-order valence-corrected chi connectivity index (χ1v) is 9.00. The Labute approximate surface area is 160 Å². The molecule has 0 saturated carbocycles. The fourth-order valence-electron chi connectivity index (χ4n) is 2.31. The molecule has 3 N–H and O–H groups in total. The fraction of sp³-hybridized carbons (Fsp3) is 0.550. The van der Waals surface area contributed by atoms with Crippen LogP contribution in [0, 0.1) is 5.41 Å². The average Bonchev–Trinajstić information content (AvgIpc) is 2.57. The lowest BCUT2D eigenvalue weighted by Crippen LogP contribution is -2.46. The Hall–Kier alpha value is -2.41. The monoisotopic (exact) mass is 378 g/mol. The molecule has 27 heavy (non-hydrogen) atoms. The van der Waals surface area contributed by atoms with Crippen molar-refractivity contribution in [1.29, 1.82) is 0 Å². The molecule has 1 aromatic rings. The van der Waals surface area contributed by atoms with E-state index in [1.807, 2.05) is 30.3 Å². The van der Waals surface area contributed by atoms with Gasteiger partial charge in [-0.15, -0.1) is 0 Å². The van der Waals surface area contributed by atoms with Crippen molar-refractivity contribution in [3.63, 3.8) is 0 Å². The van der Waals surface area contributed by atoms with Crippen molar-refractivity contribution < 1.29 is 23.9 Å². The quantitative estimate of drug-likeness (QED) is 0.605. The van der Waals surface area contributed by atoms with Crippen LogP contribution < -0.4 is 11.1 Å². The zero-order chi connectivity index (χ0) is 20.4. The Morgan fingerprint density at radius 1 is 1.15 bits per heavy atom. The Morgan fingerprint density at radius 2 is 1.78 bits per heavy atom. The van der Waals surface area contributed by atoms with Crippen molar-refractivity contribution >= 4 is 17.8 Å². The fourth-order valence-corrected chi connectivity index (χ4v) is 2.31. The van der Waals surface area contributed by atoms with Crippen molar-refractivity contribution in [2.75, 3.05) is 6.54 Å². The second kappa shape index (κ2) is 10.7. The molecule has 0 radical (unpaired) electrons. The number of nitrogens with two attached hydrogens (primary N) is 1. The van der Waals surface area contributed by atoms with Crippen LogP contribution in [0.25, 0.3) is 0 Å². The van der Waals surface area contributed by atoms with Gasteiger partial charge in [0.15, 0.2) is 6.10 Å². The summed E-state index contributed by atoms with van der Waals surface area (Å²) in [5.41, 5.74) is 5.47. The molecule has 0 saturated heterocycles. The summed E-state index contributed by atoms with van der Waals surface area (Å²) in [6, 6.07) is 9.64. The molecule has 7 heteroatoms. The van der Waals surface area contributed by atoms with E-state index < -0.39 is 29.3 Å². The third-order valence-electron chi connectivity index (χ3n) is 3.78. The van der Waals surface area contributed by atoms with Crippen molar-refractivity contribution in [3.8, 4) is 0 Å². The highest BCUT2D eigenvalue weighted by atomic mass is 16.6. The third-order valence-corrected chi connectivity index (χ3v) is 3.78. The summed E-state index contributed by atoms with van der Waals surface area (Å²) in [6.45, 7) is 7.68. The molecule has 1 rings (SSSR count). The van der Waals surface area contributed by atoms with Gasteiger partial charge in [0.25, 0.3) is 5.91 Å². The molecule has 0 aliphatic rings. The number of nitrogens with one attached hydrogen (secondary N) is 1. The number of carbonyl (C=O) groups is 3. The van der Waals surface area contributed by atoms with E-state index in [2.05, 4.69) is 5.32 Å². The van der Waals surface area contributed by atoms with Gasteiger partial charge >= 0.3 is 5.97 Å². The number of rotatable bonds is 10. The van der Waals surface area contributed by atoms with Crippen LogP contribution in [0.2, 0.25) is 0 Å². The van der Waals surface area contributed by atoms with E-state index >= 15 is 0 Å². The number of primary amides is 1. The lowest BCUT2D eigenvalue weighted by Gasteiger charge is -2.29. The number of hydrogen-bond donors (Lipinski definition) is 2. The number of carbonyl (C=O) groups excluding carboxylic acids is 3. The van der Waals surface area contributed by atoms with Gasteiger partial charge in [0, 0.05) is 18.4 Å². The molecule has 7 nitrogen and oxygen atoms in total.